The van der Waals surface area contributed by atoms with Crippen LogP contribution in [0, 0.1) is 0 Å². The first-order valence-corrected chi connectivity index (χ1v) is 11.5. The predicted molar refractivity (Wildman–Crippen MR) is 131 cm³/mol. The molecule has 1 fully saturated rings. The van der Waals surface area contributed by atoms with Crippen molar-refractivity contribution in [2.45, 2.75) is 25.8 Å². The van der Waals surface area contributed by atoms with Crippen molar-refractivity contribution >= 4 is 40.7 Å². The van der Waals surface area contributed by atoms with Gasteiger partial charge in [-0.05, 0) is 30.0 Å². The van der Waals surface area contributed by atoms with Crippen molar-refractivity contribution in [3.63, 3.8) is 0 Å². The Morgan fingerprint density at radius 2 is 1.71 bits per heavy atom. The van der Waals surface area contributed by atoms with Gasteiger partial charge in [-0.25, -0.2) is 0 Å². The molecule has 2 aromatic carbocycles. The largest absolute Gasteiger partial charge is 0.507 e. The van der Waals surface area contributed by atoms with Gasteiger partial charge in [0.05, 0.1) is 36.4 Å². The second kappa shape index (κ2) is 11.1. The topological polar surface area (TPSA) is 85.3 Å². The molecule has 0 saturated carbocycles. The van der Waals surface area contributed by atoms with Crippen LogP contribution in [0.4, 0.5) is 0 Å². The molecule has 182 valence electrons. The first-order valence-electron chi connectivity index (χ1n) is 10.8. The molecule has 0 aromatic heterocycles. The molecular formula is C25H27Cl2NO6. The maximum absolute atomic E-state index is 13.2. The van der Waals surface area contributed by atoms with Gasteiger partial charge < -0.3 is 24.2 Å². The summed E-state index contributed by atoms with van der Waals surface area (Å²) < 4.78 is 15.7. The summed E-state index contributed by atoms with van der Waals surface area (Å²) in [7, 11) is 4.34. The van der Waals surface area contributed by atoms with E-state index in [1.165, 1.54) is 25.2 Å². The Hall–Kier alpha value is -2.74. The van der Waals surface area contributed by atoms with Crippen LogP contribution in [0.25, 0.3) is 5.76 Å². The molecule has 7 nitrogen and oxygen atoms in total. The van der Waals surface area contributed by atoms with Crippen LogP contribution < -0.4 is 9.47 Å². The number of carbonyl (C=O) groups excluding carboxylic acids is 2. The minimum atomic E-state index is -0.801. The molecule has 1 heterocycles. The number of likely N-dealkylation sites (tertiary alicyclic amines) is 1. The van der Waals surface area contributed by atoms with E-state index in [-0.39, 0.29) is 39.2 Å². The first-order chi connectivity index (χ1) is 16.3. The third-order valence-electron chi connectivity index (χ3n) is 5.79. The van der Waals surface area contributed by atoms with Crippen LogP contribution in [0.3, 0.4) is 0 Å². The summed E-state index contributed by atoms with van der Waals surface area (Å²) in [6.07, 6.45) is 1.37. The third kappa shape index (κ3) is 4.73. The molecule has 1 amide bonds. The number of benzene rings is 2. The molecule has 1 aliphatic heterocycles. The number of halogens is 2. The summed E-state index contributed by atoms with van der Waals surface area (Å²) in [5.41, 5.74) is 1.82. The van der Waals surface area contributed by atoms with Crippen molar-refractivity contribution in [3.8, 4) is 11.5 Å². The Balaban J connectivity index is 2.23. The van der Waals surface area contributed by atoms with Crippen LogP contribution in [0.5, 0.6) is 11.5 Å². The number of methoxy groups -OCH3 is 3. The Morgan fingerprint density at radius 1 is 1.06 bits per heavy atom. The molecule has 9 heteroatoms. The molecule has 1 aliphatic rings. The number of hydrogen-bond donors (Lipinski definition) is 1. The second-order valence-electron chi connectivity index (χ2n) is 7.72. The van der Waals surface area contributed by atoms with Gasteiger partial charge in [0, 0.05) is 20.3 Å². The Bertz CT molecular complexity index is 1110. The average molecular weight is 508 g/mol. The van der Waals surface area contributed by atoms with Crippen molar-refractivity contribution in [2.75, 3.05) is 34.5 Å². The zero-order valence-electron chi connectivity index (χ0n) is 19.5. The quantitative estimate of drug-likeness (QED) is 0.221. The number of ketones is 1. The molecule has 1 unspecified atom stereocenters. The highest BCUT2D eigenvalue weighted by molar-refractivity contribution is 6.47. The number of ether oxygens (including phenoxy) is 3. The predicted octanol–water partition coefficient (Wildman–Crippen LogP) is 5.03. The molecule has 0 aliphatic carbocycles. The van der Waals surface area contributed by atoms with Gasteiger partial charge in [-0.2, -0.15) is 0 Å². The van der Waals surface area contributed by atoms with Crippen molar-refractivity contribution < 1.29 is 28.9 Å². The maximum Gasteiger partial charge on any atom is 0.295 e. The van der Waals surface area contributed by atoms with Gasteiger partial charge in [-0.3, -0.25) is 9.59 Å². The van der Waals surface area contributed by atoms with Crippen LogP contribution in [-0.2, 0) is 20.7 Å². The highest BCUT2D eigenvalue weighted by Crippen LogP contribution is 2.47. The number of rotatable bonds is 9. The van der Waals surface area contributed by atoms with Gasteiger partial charge in [0.1, 0.15) is 10.8 Å². The molecule has 3 rings (SSSR count). The minimum Gasteiger partial charge on any atom is -0.507 e. The van der Waals surface area contributed by atoms with Crippen molar-refractivity contribution in [1.29, 1.82) is 0 Å². The van der Waals surface area contributed by atoms with E-state index in [2.05, 4.69) is 0 Å². The molecule has 34 heavy (non-hydrogen) atoms. The smallest absolute Gasteiger partial charge is 0.295 e. The van der Waals surface area contributed by atoms with Gasteiger partial charge >= 0.3 is 0 Å². The monoisotopic (exact) mass is 507 g/mol. The lowest BCUT2D eigenvalue weighted by atomic mass is 9.94. The summed E-state index contributed by atoms with van der Waals surface area (Å²) in [5.74, 6) is -1.69. The fourth-order valence-corrected chi connectivity index (χ4v) is 4.75. The number of carbonyl (C=O) groups is 2. The van der Waals surface area contributed by atoms with Crippen LogP contribution >= 0.6 is 23.2 Å². The fourth-order valence-electron chi connectivity index (χ4n) is 4.06. The highest BCUT2D eigenvalue weighted by Gasteiger charge is 2.46. The molecule has 1 N–H and O–H groups in total. The minimum absolute atomic E-state index is 0.0391. The number of hydrogen-bond acceptors (Lipinski definition) is 6. The number of Topliss-reactive ketones (excluding diaryl/α,β-unsaturated/α-hetero) is 1. The average Bonchev–Trinajstić information content (AvgIpc) is 3.08. The molecule has 2 aromatic rings. The molecular weight excluding hydrogens is 481 g/mol. The van der Waals surface area contributed by atoms with Gasteiger partial charge in [0.2, 0.25) is 0 Å². The summed E-state index contributed by atoms with van der Waals surface area (Å²) >= 11 is 12.7. The fraction of sp³-hybridized carbons (Fsp3) is 0.360. The Labute approximate surface area is 208 Å². The van der Waals surface area contributed by atoms with Gasteiger partial charge in [0.15, 0.2) is 11.5 Å². The van der Waals surface area contributed by atoms with Crippen LogP contribution in [0.2, 0.25) is 10.0 Å². The summed E-state index contributed by atoms with van der Waals surface area (Å²) in [5, 5.41) is 11.5. The summed E-state index contributed by atoms with van der Waals surface area (Å²) in [6.45, 7) is 2.73. The van der Waals surface area contributed by atoms with Crippen molar-refractivity contribution in [3.05, 3.63) is 62.6 Å². The van der Waals surface area contributed by atoms with E-state index < -0.39 is 23.5 Å². The Morgan fingerprint density at radius 3 is 2.26 bits per heavy atom. The van der Waals surface area contributed by atoms with E-state index in [4.69, 9.17) is 37.4 Å². The second-order valence-corrected chi connectivity index (χ2v) is 8.51. The summed E-state index contributed by atoms with van der Waals surface area (Å²) in [4.78, 5) is 27.7. The van der Waals surface area contributed by atoms with Crippen molar-refractivity contribution in [1.82, 2.24) is 4.90 Å². The number of aliphatic hydroxyl groups excluding tert-OH is 1. The van der Waals surface area contributed by atoms with E-state index in [0.29, 0.717) is 18.6 Å². The van der Waals surface area contributed by atoms with E-state index in [1.807, 2.05) is 31.2 Å². The standard InChI is InChI=1S/C25H27Cl2NO6/c1-5-14-7-9-15(10-8-14)20-18(22(30)25(31)28(20)11-6-12-32-2)21(29)16-13-17(26)24(34-4)19(27)23(16)33-3/h7-10,13,20,29H,5-6,11-12H2,1-4H3/b21-18+. The highest BCUT2D eigenvalue weighted by atomic mass is 35.5. The van der Waals surface area contributed by atoms with E-state index in [0.717, 1.165) is 12.0 Å². The van der Waals surface area contributed by atoms with Crippen LogP contribution in [0.1, 0.15) is 36.1 Å². The van der Waals surface area contributed by atoms with E-state index in [9.17, 15) is 14.7 Å². The van der Waals surface area contributed by atoms with Gasteiger partial charge in [0.25, 0.3) is 11.7 Å². The van der Waals surface area contributed by atoms with Crippen molar-refractivity contribution in [2.24, 2.45) is 0 Å². The number of nitrogens with zero attached hydrogens (tertiary/aromatic N) is 1. The normalized spacial score (nSPS) is 17.4. The lowest BCUT2D eigenvalue weighted by Crippen LogP contribution is -2.31. The van der Waals surface area contributed by atoms with E-state index >= 15 is 0 Å². The van der Waals surface area contributed by atoms with Gasteiger partial charge in [-0.1, -0.05) is 54.4 Å². The van der Waals surface area contributed by atoms with Crippen LogP contribution in [0.15, 0.2) is 35.9 Å². The zero-order valence-corrected chi connectivity index (χ0v) is 21.0. The molecule has 0 radical (unpaired) electrons. The van der Waals surface area contributed by atoms with Crippen LogP contribution in [-0.4, -0.2) is 56.2 Å². The first kappa shape index (κ1) is 25.9. The third-order valence-corrected chi connectivity index (χ3v) is 6.41. The number of aliphatic hydroxyl groups is 1. The molecule has 1 saturated heterocycles. The molecule has 0 spiro atoms. The van der Waals surface area contributed by atoms with Gasteiger partial charge in [-0.15, -0.1) is 0 Å². The number of aryl methyl sites for hydroxylation is 1. The summed E-state index contributed by atoms with van der Waals surface area (Å²) in [6, 6.07) is 8.19. The lowest BCUT2D eigenvalue weighted by Gasteiger charge is -2.25. The number of amides is 1. The van der Waals surface area contributed by atoms with E-state index in [1.54, 1.807) is 7.11 Å². The zero-order chi connectivity index (χ0) is 25.0. The Kier molecular flexibility index (Phi) is 8.47. The SMILES string of the molecule is CCc1ccc(C2/C(=C(\O)c3cc(Cl)c(OC)c(Cl)c3OC)C(=O)C(=O)N2CCCOC)cc1. The lowest BCUT2D eigenvalue weighted by molar-refractivity contribution is -0.140. The molecule has 1 atom stereocenters. The maximum atomic E-state index is 13.2. The molecule has 0 bridgehead atoms.